The van der Waals surface area contributed by atoms with Crippen LogP contribution in [0.2, 0.25) is 0 Å². The van der Waals surface area contributed by atoms with E-state index in [2.05, 4.69) is 12.2 Å². The Bertz CT molecular complexity index is 366. The molecule has 0 aromatic heterocycles. The van der Waals surface area contributed by atoms with Crippen molar-refractivity contribution in [2.45, 2.75) is 38.6 Å². The fourth-order valence-electron chi connectivity index (χ4n) is 1.93. The van der Waals surface area contributed by atoms with E-state index in [0.717, 1.165) is 30.7 Å². The van der Waals surface area contributed by atoms with Crippen LogP contribution in [0, 0.1) is 0 Å². The lowest BCUT2D eigenvalue weighted by atomic mass is 9.99. The fraction of sp³-hybridized carbons (Fsp3) is 0.625. The SMILES string of the molecule is CCCNC(C)(CO)CCOc1ccc(CCO)cc1. The Balaban J connectivity index is 2.38. The van der Waals surface area contributed by atoms with Gasteiger partial charge < -0.3 is 20.3 Å². The van der Waals surface area contributed by atoms with Gasteiger partial charge in [0.2, 0.25) is 0 Å². The molecule has 1 atom stereocenters. The molecule has 0 radical (unpaired) electrons. The lowest BCUT2D eigenvalue weighted by molar-refractivity contribution is 0.144. The third-order valence-corrected chi connectivity index (χ3v) is 3.40. The first-order valence-electron chi connectivity index (χ1n) is 7.32. The predicted molar refractivity (Wildman–Crippen MR) is 81.1 cm³/mol. The second-order valence-corrected chi connectivity index (χ2v) is 5.36. The molecule has 0 amide bonds. The van der Waals surface area contributed by atoms with Gasteiger partial charge in [0.05, 0.1) is 13.2 Å². The van der Waals surface area contributed by atoms with Crippen LogP contribution in [0.1, 0.15) is 32.3 Å². The molecule has 0 saturated heterocycles. The Labute approximate surface area is 121 Å². The summed E-state index contributed by atoms with van der Waals surface area (Å²) in [6, 6.07) is 7.76. The van der Waals surface area contributed by atoms with Crippen LogP contribution in [0.15, 0.2) is 24.3 Å². The van der Waals surface area contributed by atoms with E-state index < -0.39 is 0 Å². The first kappa shape index (κ1) is 17.0. The summed E-state index contributed by atoms with van der Waals surface area (Å²) >= 11 is 0. The van der Waals surface area contributed by atoms with Gasteiger partial charge in [-0.3, -0.25) is 0 Å². The summed E-state index contributed by atoms with van der Waals surface area (Å²) < 4.78 is 5.70. The number of aliphatic hydroxyl groups is 2. The molecule has 0 aliphatic carbocycles. The third kappa shape index (κ3) is 5.90. The number of rotatable bonds is 10. The molecule has 0 saturated carbocycles. The fourth-order valence-corrected chi connectivity index (χ4v) is 1.93. The normalized spacial score (nSPS) is 14.0. The molecule has 4 heteroatoms. The lowest BCUT2D eigenvalue weighted by Crippen LogP contribution is -2.47. The smallest absolute Gasteiger partial charge is 0.119 e. The zero-order valence-corrected chi connectivity index (χ0v) is 12.6. The summed E-state index contributed by atoms with van der Waals surface area (Å²) in [6.45, 7) is 5.84. The highest BCUT2D eigenvalue weighted by Gasteiger charge is 2.21. The van der Waals surface area contributed by atoms with E-state index in [-0.39, 0.29) is 18.8 Å². The van der Waals surface area contributed by atoms with E-state index in [1.54, 1.807) is 0 Å². The maximum Gasteiger partial charge on any atom is 0.119 e. The predicted octanol–water partition coefficient (Wildman–Crippen LogP) is 1.74. The summed E-state index contributed by atoms with van der Waals surface area (Å²) in [7, 11) is 0. The highest BCUT2D eigenvalue weighted by Crippen LogP contribution is 2.15. The van der Waals surface area contributed by atoms with Crippen LogP contribution < -0.4 is 10.1 Å². The van der Waals surface area contributed by atoms with Gasteiger partial charge in [0, 0.05) is 18.6 Å². The van der Waals surface area contributed by atoms with E-state index in [1.807, 2.05) is 31.2 Å². The summed E-state index contributed by atoms with van der Waals surface area (Å²) in [4.78, 5) is 0. The number of hydrogen-bond acceptors (Lipinski definition) is 4. The van der Waals surface area contributed by atoms with E-state index in [9.17, 15) is 5.11 Å². The van der Waals surface area contributed by atoms with Gasteiger partial charge in [-0.05, 0) is 44.0 Å². The quantitative estimate of drug-likeness (QED) is 0.611. The Morgan fingerprint density at radius 1 is 1.20 bits per heavy atom. The van der Waals surface area contributed by atoms with Crippen molar-refractivity contribution < 1.29 is 14.9 Å². The van der Waals surface area contributed by atoms with Crippen molar-refractivity contribution in [1.29, 1.82) is 0 Å². The molecule has 114 valence electrons. The average Bonchev–Trinajstić information content (AvgIpc) is 2.47. The Kier molecular flexibility index (Phi) is 7.59. The summed E-state index contributed by atoms with van der Waals surface area (Å²) in [5, 5.41) is 21.7. The van der Waals surface area contributed by atoms with Crippen LogP contribution in [-0.4, -0.2) is 42.1 Å². The maximum absolute atomic E-state index is 9.46. The van der Waals surface area contributed by atoms with E-state index in [0.29, 0.717) is 13.0 Å². The monoisotopic (exact) mass is 281 g/mol. The van der Waals surface area contributed by atoms with Gasteiger partial charge in [0.25, 0.3) is 0 Å². The second-order valence-electron chi connectivity index (χ2n) is 5.36. The second kappa shape index (κ2) is 8.95. The Hall–Kier alpha value is -1.10. The van der Waals surface area contributed by atoms with Gasteiger partial charge >= 0.3 is 0 Å². The molecule has 0 aliphatic rings. The number of aliphatic hydroxyl groups excluding tert-OH is 2. The number of ether oxygens (including phenoxy) is 1. The molecule has 1 aromatic carbocycles. The van der Waals surface area contributed by atoms with Gasteiger partial charge in [-0.15, -0.1) is 0 Å². The molecular weight excluding hydrogens is 254 g/mol. The van der Waals surface area contributed by atoms with Gasteiger partial charge in [-0.2, -0.15) is 0 Å². The van der Waals surface area contributed by atoms with Crippen molar-refractivity contribution >= 4 is 0 Å². The molecule has 20 heavy (non-hydrogen) atoms. The van der Waals surface area contributed by atoms with Crippen molar-refractivity contribution in [3.63, 3.8) is 0 Å². The largest absolute Gasteiger partial charge is 0.494 e. The lowest BCUT2D eigenvalue weighted by Gasteiger charge is -2.28. The first-order chi connectivity index (χ1) is 9.63. The minimum absolute atomic E-state index is 0.103. The number of hydrogen-bond donors (Lipinski definition) is 3. The van der Waals surface area contributed by atoms with Crippen LogP contribution in [0.25, 0.3) is 0 Å². The van der Waals surface area contributed by atoms with E-state index in [4.69, 9.17) is 9.84 Å². The van der Waals surface area contributed by atoms with E-state index in [1.165, 1.54) is 0 Å². The Morgan fingerprint density at radius 3 is 2.45 bits per heavy atom. The highest BCUT2D eigenvalue weighted by molar-refractivity contribution is 5.27. The highest BCUT2D eigenvalue weighted by atomic mass is 16.5. The third-order valence-electron chi connectivity index (χ3n) is 3.40. The Morgan fingerprint density at radius 2 is 1.90 bits per heavy atom. The molecule has 0 aliphatic heterocycles. The topological polar surface area (TPSA) is 61.7 Å². The molecule has 1 rings (SSSR count). The average molecular weight is 281 g/mol. The van der Waals surface area contributed by atoms with Gasteiger partial charge in [0.15, 0.2) is 0 Å². The summed E-state index contributed by atoms with van der Waals surface area (Å²) in [5.41, 5.74) is 0.817. The maximum atomic E-state index is 9.46. The molecule has 0 heterocycles. The summed E-state index contributed by atoms with van der Waals surface area (Å²) in [6.07, 6.45) is 2.47. The zero-order chi connectivity index (χ0) is 14.8. The van der Waals surface area contributed by atoms with Crippen LogP contribution in [-0.2, 0) is 6.42 Å². The number of nitrogens with one attached hydrogen (secondary N) is 1. The van der Waals surface area contributed by atoms with Gasteiger partial charge in [0.1, 0.15) is 5.75 Å². The summed E-state index contributed by atoms with van der Waals surface area (Å²) in [5.74, 6) is 0.822. The number of benzene rings is 1. The molecule has 1 unspecified atom stereocenters. The zero-order valence-electron chi connectivity index (χ0n) is 12.6. The van der Waals surface area contributed by atoms with Crippen molar-refractivity contribution in [2.24, 2.45) is 0 Å². The molecule has 0 fully saturated rings. The van der Waals surface area contributed by atoms with Crippen LogP contribution in [0.4, 0.5) is 0 Å². The van der Waals surface area contributed by atoms with Crippen LogP contribution in [0.5, 0.6) is 5.75 Å². The molecular formula is C16H27NO3. The van der Waals surface area contributed by atoms with Crippen molar-refractivity contribution in [3.8, 4) is 5.75 Å². The van der Waals surface area contributed by atoms with Crippen molar-refractivity contribution in [2.75, 3.05) is 26.4 Å². The molecule has 0 bridgehead atoms. The standard InChI is InChI=1S/C16H27NO3/c1-3-10-17-16(2,13-19)9-12-20-15-6-4-14(5-7-15)8-11-18/h4-7,17-19H,3,8-13H2,1-2H3. The molecule has 4 nitrogen and oxygen atoms in total. The van der Waals surface area contributed by atoms with Gasteiger partial charge in [-0.1, -0.05) is 19.1 Å². The van der Waals surface area contributed by atoms with E-state index >= 15 is 0 Å². The molecule has 1 aromatic rings. The van der Waals surface area contributed by atoms with Crippen LogP contribution in [0.3, 0.4) is 0 Å². The van der Waals surface area contributed by atoms with Crippen LogP contribution >= 0.6 is 0 Å². The molecule has 0 spiro atoms. The van der Waals surface area contributed by atoms with Crippen molar-refractivity contribution in [1.82, 2.24) is 5.32 Å². The van der Waals surface area contributed by atoms with Gasteiger partial charge in [-0.25, -0.2) is 0 Å². The minimum Gasteiger partial charge on any atom is -0.494 e. The minimum atomic E-state index is -0.285. The van der Waals surface area contributed by atoms with Crippen molar-refractivity contribution in [3.05, 3.63) is 29.8 Å². The molecule has 3 N–H and O–H groups in total. The first-order valence-corrected chi connectivity index (χ1v) is 7.32.